The number of anilines is 3. The first-order chi connectivity index (χ1) is 20.6. The van der Waals surface area contributed by atoms with E-state index in [0.29, 0.717) is 34.5 Å². The molecular formula is C22H17N7Na2O13S2. The Morgan fingerprint density at radius 2 is 1.28 bits per heavy atom. The number of amidine groups is 1. The second-order valence-corrected chi connectivity index (χ2v) is 11.1. The summed E-state index contributed by atoms with van der Waals surface area (Å²) < 4.78 is 82.2. The van der Waals surface area contributed by atoms with Crippen molar-refractivity contribution in [1.82, 2.24) is 5.43 Å². The molecule has 0 radical (unpaired) electrons. The Hall–Kier alpha value is -3.58. The molecule has 3 aromatic carbocycles. The van der Waals surface area contributed by atoms with Gasteiger partial charge >= 0.3 is 59.1 Å². The Labute approximate surface area is 303 Å². The molecule has 1 heterocycles. The summed E-state index contributed by atoms with van der Waals surface area (Å²) in [6.07, 6.45) is 0. The fraction of sp³-hybridized carbons (Fsp3) is 0.0909. The van der Waals surface area contributed by atoms with E-state index in [0.717, 1.165) is 14.2 Å². The van der Waals surface area contributed by atoms with Gasteiger partial charge in [-0.3, -0.25) is 30.4 Å². The number of hydrogen-bond donors (Lipinski definition) is 2. The molecule has 20 nitrogen and oxygen atoms in total. The maximum absolute atomic E-state index is 13.1. The van der Waals surface area contributed by atoms with Crippen molar-refractivity contribution >= 4 is 60.4 Å². The van der Waals surface area contributed by atoms with Crippen molar-refractivity contribution in [3.8, 4) is 11.5 Å². The summed E-state index contributed by atoms with van der Waals surface area (Å²) in [6.45, 7) is 0. The molecule has 0 saturated heterocycles. The van der Waals surface area contributed by atoms with Crippen LogP contribution in [0.3, 0.4) is 0 Å². The Bertz CT molecular complexity index is 1950. The molecule has 46 heavy (non-hydrogen) atoms. The molecule has 2 N–H and O–H groups in total. The van der Waals surface area contributed by atoms with Gasteiger partial charge in [-0.1, -0.05) is 18.2 Å². The zero-order valence-electron chi connectivity index (χ0n) is 24.1. The maximum Gasteiger partial charge on any atom is 1.00 e. The van der Waals surface area contributed by atoms with E-state index >= 15 is 0 Å². The van der Waals surface area contributed by atoms with Gasteiger partial charge in [-0.05, 0) is 24.3 Å². The molecule has 24 heteroatoms. The van der Waals surface area contributed by atoms with Gasteiger partial charge in [-0.2, -0.15) is 5.12 Å². The average molecular weight is 698 g/mol. The average Bonchev–Trinajstić information content (AvgIpc) is 3.40. The molecule has 0 aliphatic carbocycles. The number of hydrogen-bond acceptors (Lipinski definition) is 17. The number of methoxy groups -OCH3 is 2. The molecule has 0 unspecified atom stereocenters. The van der Waals surface area contributed by atoms with E-state index in [4.69, 9.17) is 9.47 Å². The largest absolute Gasteiger partial charge is 1.00 e. The third-order valence-electron chi connectivity index (χ3n) is 5.74. The van der Waals surface area contributed by atoms with Crippen molar-refractivity contribution in [2.24, 2.45) is 5.10 Å². The van der Waals surface area contributed by atoms with Crippen molar-refractivity contribution in [1.29, 1.82) is 0 Å². The third-order valence-corrected chi connectivity index (χ3v) is 7.47. The topological polar surface area (TPSA) is 279 Å². The minimum Gasteiger partial charge on any atom is -0.744 e. The summed E-state index contributed by atoms with van der Waals surface area (Å²) in [5.74, 6) is -2.49. The van der Waals surface area contributed by atoms with E-state index in [9.17, 15) is 51.0 Å². The summed E-state index contributed by atoms with van der Waals surface area (Å²) >= 11 is 0. The molecular weight excluding hydrogens is 680 g/mol. The standard InChI is InChI=1S/C22H19N7O13S2.2Na/c1-41-17-8-15(28(31)32)19(43(35,36)37)10-13(17)26-24-21(22(30)23-12-6-4-3-5-7-12)25-27(26)14-11-20(44(38,39)40)16(29(33)34)9-18(14)42-2;;/h3-11H,1-2H3,(H,23,30)(H,24,25)(H,35,36,37)(H,38,39,40);;/q;2*+1/p-2. The molecule has 0 saturated carbocycles. The summed E-state index contributed by atoms with van der Waals surface area (Å²) in [4.78, 5) is 31.2. The Morgan fingerprint density at radius 3 is 1.72 bits per heavy atom. The zero-order chi connectivity index (χ0) is 32.6. The van der Waals surface area contributed by atoms with Crippen molar-refractivity contribution in [3.05, 3.63) is 74.8 Å². The van der Waals surface area contributed by atoms with Crippen molar-refractivity contribution in [2.45, 2.75) is 9.79 Å². The monoisotopic (exact) mass is 697 g/mol. The first-order valence-electron chi connectivity index (χ1n) is 11.5. The van der Waals surface area contributed by atoms with E-state index in [-0.39, 0.29) is 64.8 Å². The number of nitrogens with zero attached hydrogens (tertiary/aromatic N) is 5. The van der Waals surface area contributed by atoms with E-state index in [1.54, 1.807) is 18.2 Å². The van der Waals surface area contributed by atoms with Crippen molar-refractivity contribution < 1.29 is 109 Å². The van der Waals surface area contributed by atoms with Crippen molar-refractivity contribution in [3.63, 3.8) is 0 Å². The van der Waals surface area contributed by atoms with E-state index in [1.807, 2.05) is 0 Å². The minimum atomic E-state index is -5.52. The molecule has 0 atom stereocenters. The van der Waals surface area contributed by atoms with E-state index in [1.165, 1.54) is 12.1 Å². The Kier molecular flexibility index (Phi) is 12.5. The number of carbonyl (C=O) groups is 1. The van der Waals surface area contributed by atoms with Gasteiger partial charge in [-0.25, -0.2) is 16.8 Å². The minimum absolute atomic E-state index is 0. The van der Waals surface area contributed by atoms with Crippen LogP contribution in [0, 0.1) is 20.2 Å². The zero-order valence-corrected chi connectivity index (χ0v) is 29.7. The molecule has 3 aromatic rings. The van der Waals surface area contributed by atoms with Gasteiger partial charge in [0.25, 0.3) is 17.3 Å². The number of nitro benzene ring substituents is 2. The fourth-order valence-corrected chi connectivity index (χ4v) is 5.14. The van der Waals surface area contributed by atoms with Crippen LogP contribution >= 0.6 is 0 Å². The van der Waals surface area contributed by atoms with Crippen LogP contribution in [0.25, 0.3) is 0 Å². The van der Waals surface area contributed by atoms with Gasteiger partial charge in [0, 0.05) is 5.69 Å². The normalized spacial score (nSPS) is 12.6. The van der Waals surface area contributed by atoms with E-state index < -0.39 is 85.9 Å². The summed E-state index contributed by atoms with van der Waals surface area (Å²) in [5, 5.41) is 30.9. The molecule has 0 aromatic heterocycles. The number of amides is 1. The van der Waals surface area contributed by atoms with E-state index in [2.05, 4.69) is 15.8 Å². The molecule has 1 aliphatic rings. The van der Waals surface area contributed by atoms with Crippen molar-refractivity contribution in [2.75, 3.05) is 29.8 Å². The quantitative estimate of drug-likeness (QED) is 0.0868. The predicted molar refractivity (Wildman–Crippen MR) is 146 cm³/mol. The van der Waals surface area contributed by atoms with Crippen LogP contribution in [0.4, 0.5) is 28.4 Å². The number of ether oxygens (including phenoxy) is 2. The summed E-state index contributed by atoms with van der Waals surface area (Å²) in [7, 11) is -9.00. The number of carbonyl (C=O) groups excluding carboxylic acids is 1. The molecule has 1 amide bonds. The third kappa shape index (κ3) is 8.03. The molecule has 4 rings (SSSR count). The van der Waals surface area contributed by atoms with Crippen LogP contribution < -0.4 is 89.6 Å². The first-order valence-corrected chi connectivity index (χ1v) is 14.3. The summed E-state index contributed by atoms with van der Waals surface area (Å²) in [5.41, 5.74) is -0.660. The molecule has 0 spiro atoms. The van der Waals surface area contributed by atoms with Gasteiger partial charge in [0.1, 0.15) is 41.4 Å². The van der Waals surface area contributed by atoms with Crippen LogP contribution in [0.15, 0.2) is 69.5 Å². The number of nitrogens with one attached hydrogen (secondary N) is 2. The van der Waals surface area contributed by atoms with Crippen LogP contribution in [0.2, 0.25) is 0 Å². The number of hydrazone groups is 1. The summed E-state index contributed by atoms with van der Waals surface area (Å²) in [6, 6.07) is 10.1. The van der Waals surface area contributed by atoms with Gasteiger partial charge in [-0.15, -0.1) is 10.2 Å². The second-order valence-electron chi connectivity index (χ2n) is 8.39. The van der Waals surface area contributed by atoms with Gasteiger partial charge in [0.15, 0.2) is 11.5 Å². The van der Waals surface area contributed by atoms with Crippen LogP contribution in [0.1, 0.15) is 0 Å². The first kappa shape index (κ1) is 38.6. The number of rotatable bonds is 10. The second kappa shape index (κ2) is 14.9. The van der Waals surface area contributed by atoms with Crippen LogP contribution in [-0.2, 0) is 25.0 Å². The predicted octanol–water partition coefficient (Wildman–Crippen LogP) is -4.97. The maximum atomic E-state index is 13.1. The smallest absolute Gasteiger partial charge is 0.744 e. The van der Waals surface area contributed by atoms with Gasteiger partial charge < -0.3 is 23.9 Å². The molecule has 232 valence electrons. The van der Waals surface area contributed by atoms with Crippen LogP contribution in [-0.4, -0.2) is 61.8 Å². The number of nitro groups is 2. The number of hydrazine groups is 2. The molecule has 1 aliphatic heterocycles. The number of para-hydroxylation sites is 1. The molecule has 0 bridgehead atoms. The number of benzene rings is 3. The Morgan fingerprint density at radius 1 is 0.826 bits per heavy atom. The van der Waals surface area contributed by atoms with Crippen LogP contribution in [0.5, 0.6) is 11.5 Å². The molecule has 0 fully saturated rings. The Balaban J connectivity index is 0.00000368. The van der Waals surface area contributed by atoms with Gasteiger partial charge in [0.2, 0.25) is 5.84 Å². The fourth-order valence-electron chi connectivity index (χ4n) is 3.85. The SMILES string of the molecule is COc1cc([N+](=O)[O-])c(S(=O)(=O)[O-])cc1N1N=C(C(=O)Nc2ccccc2)NN1c1cc(S(=O)(=O)[O-])c([N+](=O)[O-])cc1OC.[Na+].[Na+]. The van der Waals surface area contributed by atoms with Gasteiger partial charge in [0.05, 0.1) is 36.2 Å².